The van der Waals surface area contributed by atoms with Crippen LogP contribution in [0.4, 0.5) is 4.39 Å². The van der Waals surface area contributed by atoms with Crippen LogP contribution < -0.4 is 0 Å². The van der Waals surface area contributed by atoms with E-state index in [1.807, 2.05) is 0 Å². The second-order valence-electron chi connectivity index (χ2n) is 2.96. The number of hydrogen-bond acceptors (Lipinski definition) is 1. The van der Waals surface area contributed by atoms with Gasteiger partial charge in [0.1, 0.15) is 12.1 Å². The van der Waals surface area contributed by atoms with E-state index in [-0.39, 0.29) is 5.78 Å². The molecule has 0 aliphatic carbocycles. The van der Waals surface area contributed by atoms with Gasteiger partial charge in [0.2, 0.25) is 0 Å². The zero-order chi connectivity index (χ0) is 10.7. The van der Waals surface area contributed by atoms with Crippen LogP contribution in [0.5, 0.6) is 0 Å². The number of halogens is 3. The highest BCUT2D eigenvalue weighted by atomic mass is 35.5. The van der Waals surface area contributed by atoms with Crippen LogP contribution in [0.3, 0.4) is 0 Å². The molecule has 76 valence electrons. The predicted octanol–water partition coefficient (Wildman–Crippen LogP) is 3.68. The average Bonchev–Trinajstić information content (AvgIpc) is 2.17. The van der Waals surface area contributed by atoms with Crippen molar-refractivity contribution in [1.82, 2.24) is 0 Å². The molecule has 0 radical (unpaired) electrons. The Hall–Kier alpha value is -0.600. The first-order chi connectivity index (χ1) is 6.56. The lowest BCUT2D eigenvalue weighted by atomic mass is 10.1. The molecule has 0 bridgehead atoms. The molecule has 0 aliphatic rings. The van der Waals surface area contributed by atoms with Crippen molar-refractivity contribution in [3.63, 3.8) is 0 Å². The van der Waals surface area contributed by atoms with E-state index < -0.39 is 12.1 Å². The van der Waals surface area contributed by atoms with Crippen LogP contribution >= 0.6 is 23.2 Å². The lowest BCUT2D eigenvalue weighted by Gasteiger charge is -2.09. The maximum atomic E-state index is 12.3. The highest BCUT2D eigenvalue weighted by Crippen LogP contribution is 2.29. The summed E-state index contributed by atoms with van der Waals surface area (Å²) in [5.74, 6) is -0.204. The van der Waals surface area contributed by atoms with E-state index in [0.29, 0.717) is 16.1 Å². The van der Waals surface area contributed by atoms with Gasteiger partial charge in [0.05, 0.1) is 0 Å². The Labute approximate surface area is 91.8 Å². The Bertz CT molecular complexity index is 352. The van der Waals surface area contributed by atoms with Gasteiger partial charge in [0.25, 0.3) is 0 Å². The number of hydrogen-bond donors (Lipinski definition) is 0. The highest BCUT2D eigenvalue weighted by Gasteiger charge is 2.16. The van der Waals surface area contributed by atoms with Gasteiger partial charge in [-0.2, -0.15) is 0 Å². The van der Waals surface area contributed by atoms with Crippen LogP contribution in [-0.4, -0.2) is 5.78 Å². The van der Waals surface area contributed by atoms with Crippen molar-refractivity contribution in [2.24, 2.45) is 0 Å². The van der Waals surface area contributed by atoms with Gasteiger partial charge in [-0.3, -0.25) is 4.79 Å². The van der Waals surface area contributed by atoms with E-state index in [9.17, 15) is 9.18 Å². The lowest BCUT2D eigenvalue weighted by molar-refractivity contribution is -0.116. The average molecular weight is 235 g/mol. The second kappa shape index (κ2) is 4.76. The summed E-state index contributed by atoms with van der Waals surface area (Å²) >= 11 is 11.7. The summed E-state index contributed by atoms with van der Waals surface area (Å²) in [5.41, 5.74) is 0.937. The van der Waals surface area contributed by atoms with Crippen molar-refractivity contribution in [2.45, 2.75) is 19.0 Å². The summed E-state index contributed by atoms with van der Waals surface area (Å²) in [6.45, 7) is 0.780. The maximum Gasteiger partial charge on any atom is 0.152 e. The summed E-state index contributed by atoms with van der Waals surface area (Å²) in [6.07, 6.45) is 0. The van der Waals surface area contributed by atoms with E-state index in [1.165, 1.54) is 13.0 Å². The number of Topliss-reactive ketones (excluding diaryl/α,β-unsaturated/α-hetero) is 1. The number of carbonyl (C=O) groups excluding carboxylic acids is 1. The molecule has 1 aromatic carbocycles. The summed E-state index contributed by atoms with van der Waals surface area (Å²) < 4.78 is 12.3. The van der Waals surface area contributed by atoms with Crippen molar-refractivity contribution in [3.05, 3.63) is 34.3 Å². The predicted molar refractivity (Wildman–Crippen MR) is 55.5 cm³/mol. The molecule has 0 N–H and O–H groups in total. The van der Waals surface area contributed by atoms with Gasteiger partial charge >= 0.3 is 0 Å². The summed E-state index contributed by atoms with van der Waals surface area (Å²) in [6, 6.07) is 4.63. The molecule has 1 nitrogen and oxygen atoms in total. The Morgan fingerprint density at radius 2 is 2.21 bits per heavy atom. The molecule has 1 atom stereocenters. The smallest absolute Gasteiger partial charge is 0.152 e. The summed E-state index contributed by atoms with van der Waals surface area (Å²) in [5, 5.41) is -0.411. The Morgan fingerprint density at radius 1 is 1.57 bits per heavy atom. The van der Waals surface area contributed by atoms with Crippen molar-refractivity contribution in [1.29, 1.82) is 0 Å². The summed E-state index contributed by atoms with van der Waals surface area (Å²) in [7, 11) is 0. The van der Waals surface area contributed by atoms with Gasteiger partial charge in [-0.05, 0) is 30.2 Å². The van der Waals surface area contributed by atoms with Crippen LogP contribution in [0, 0.1) is 0 Å². The molecule has 0 amide bonds. The molecule has 0 fully saturated rings. The van der Waals surface area contributed by atoms with E-state index in [2.05, 4.69) is 0 Å². The maximum absolute atomic E-state index is 12.3. The Morgan fingerprint density at radius 3 is 2.71 bits per heavy atom. The zero-order valence-corrected chi connectivity index (χ0v) is 9.07. The largest absolute Gasteiger partial charge is 0.298 e. The quantitative estimate of drug-likeness (QED) is 0.730. The lowest BCUT2D eigenvalue weighted by Crippen LogP contribution is -2.02. The van der Waals surface area contributed by atoms with Gasteiger partial charge in [0.15, 0.2) is 5.78 Å². The molecule has 0 heterocycles. The minimum absolute atomic E-state index is 0.204. The Kier molecular flexibility index (Phi) is 3.90. The zero-order valence-electron chi connectivity index (χ0n) is 7.56. The number of ketones is 1. The molecule has 0 aromatic heterocycles. The molecule has 1 unspecified atom stereocenters. The number of carbonyl (C=O) groups is 1. The van der Waals surface area contributed by atoms with E-state index >= 15 is 0 Å². The van der Waals surface area contributed by atoms with Gasteiger partial charge in [0, 0.05) is 5.02 Å². The molecule has 4 heteroatoms. The van der Waals surface area contributed by atoms with Crippen LogP contribution in [0.25, 0.3) is 0 Å². The van der Waals surface area contributed by atoms with Crippen molar-refractivity contribution >= 4 is 29.0 Å². The van der Waals surface area contributed by atoms with Gasteiger partial charge < -0.3 is 0 Å². The van der Waals surface area contributed by atoms with Gasteiger partial charge in [-0.25, -0.2) is 4.39 Å². The topological polar surface area (TPSA) is 17.1 Å². The molecule has 0 saturated carbocycles. The fourth-order valence-corrected chi connectivity index (χ4v) is 1.55. The van der Waals surface area contributed by atoms with Crippen LogP contribution in [-0.2, 0) is 11.5 Å². The van der Waals surface area contributed by atoms with Gasteiger partial charge in [-0.15, -0.1) is 11.6 Å². The molecule has 0 aliphatic heterocycles. The van der Waals surface area contributed by atoms with E-state index in [0.717, 1.165) is 0 Å². The minimum Gasteiger partial charge on any atom is -0.298 e. The third kappa shape index (κ3) is 2.46. The second-order valence-corrected chi connectivity index (χ2v) is 3.81. The first kappa shape index (κ1) is 11.5. The molecule has 1 aromatic rings. The number of alkyl halides is 2. The number of rotatable bonds is 3. The van der Waals surface area contributed by atoms with Crippen molar-refractivity contribution in [3.8, 4) is 0 Å². The van der Waals surface area contributed by atoms with Crippen LogP contribution in [0.15, 0.2) is 18.2 Å². The standard InChI is InChI=1S/C10H9Cl2FO/c1-6(14)10(12)8-4-7(5-13)2-3-9(8)11/h2-4,10H,5H2,1H3. The van der Waals surface area contributed by atoms with Crippen LogP contribution in [0.2, 0.25) is 5.02 Å². The molecule has 1 rings (SSSR count). The van der Waals surface area contributed by atoms with E-state index in [1.54, 1.807) is 12.1 Å². The molecule has 0 saturated heterocycles. The molecular weight excluding hydrogens is 226 g/mol. The third-order valence-electron chi connectivity index (χ3n) is 1.84. The van der Waals surface area contributed by atoms with Crippen molar-refractivity contribution < 1.29 is 9.18 Å². The fourth-order valence-electron chi connectivity index (χ4n) is 1.09. The summed E-state index contributed by atoms with van der Waals surface area (Å²) in [4.78, 5) is 11.0. The normalized spacial score (nSPS) is 12.6. The fraction of sp³-hybridized carbons (Fsp3) is 0.300. The molecule has 0 spiro atoms. The first-order valence-corrected chi connectivity index (χ1v) is 4.86. The monoisotopic (exact) mass is 234 g/mol. The Balaban J connectivity index is 3.11. The van der Waals surface area contributed by atoms with E-state index in [4.69, 9.17) is 23.2 Å². The molecular formula is C10H9Cl2FO. The minimum atomic E-state index is -0.797. The third-order valence-corrected chi connectivity index (χ3v) is 2.73. The molecule has 14 heavy (non-hydrogen) atoms. The first-order valence-electron chi connectivity index (χ1n) is 4.05. The van der Waals surface area contributed by atoms with Crippen molar-refractivity contribution in [2.75, 3.05) is 0 Å². The number of benzene rings is 1. The SMILES string of the molecule is CC(=O)C(Cl)c1cc(CF)ccc1Cl. The van der Waals surface area contributed by atoms with Gasteiger partial charge in [-0.1, -0.05) is 17.7 Å². The van der Waals surface area contributed by atoms with Crippen LogP contribution in [0.1, 0.15) is 23.4 Å². The highest BCUT2D eigenvalue weighted by molar-refractivity contribution is 6.35.